The van der Waals surface area contributed by atoms with Crippen LogP contribution in [-0.4, -0.2) is 79.2 Å². The van der Waals surface area contributed by atoms with Crippen molar-refractivity contribution in [1.29, 1.82) is 0 Å². The molecular weight excluding hydrogens is 575 g/mol. The van der Waals surface area contributed by atoms with Crippen LogP contribution in [0.4, 0.5) is 5.95 Å². The summed E-state index contributed by atoms with van der Waals surface area (Å²) in [7, 11) is -4.40. The Hall–Kier alpha value is -2.21. The van der Waals surface area contributed by atoms with Crippen molar-refractivity contribution in [2.45, 2.75) is 115 Å². The Balaban J connectivity index is 1.90. The molecule has 2 fully saturated rings. The van der Waals surface area contributed by atoms with Gasteiger partial charge in [0.05, 0.1) is 20.0 Å². The van der Waals surface area contributed by atoms with E-state index in [1.807, 2.05) is 0 Å². The van der Waals surface area contributed by atoms with Gasteiger partial charge in [-0.3, -0.25) is 14.7 Å². The third-order valence-corrected chi connectivity index (χ3v) is 18.7. The maximum atomic E-state index is 12.6. The minimum Gasteiger partial charge on any atom is -0.479 e. The Bertz CT molecular complexity index is 1290. The molecular formula is C28H47N5O7Si2. The molecule has 14 heteroatoms. The molecule has 0 aromatic carbocycles. The molecule has 0 aliphatic carbocycles. The summed E-state index contributed by atoms with van der Waals surface area (Å²) in [6.45, 7) is 22.7. The minimum atomic E-state index is -3.05. The lowest BCUT2D eigenvalue weighted by molar-refractivity contribution is -0.114. The molecule has 2 unspecified atom stereocenters. The molecule has 1 amide bonds. The molecule has 42 heavy (non-hydrogen) atoms. The number of nitrogens with zero attached hydrogens (tertiary/aromatic N) is 4. The van der Waals surface area contributed by atoms with Crippen LogP contribution in [0.15, 0.2) is 19.0 Å². The lowest BCUT2D eigenvalue weighted by atomic mass is 9.90. The summed E-state index contributed by atoms with van der Waals surface area (Å²) in [4.78, 5) is 25.1. The number of hydrogen-bond acceptors (Lipinski definition) is 10. The molecule has 0 bridgehead atoms. The van der Waals surface area contributed by atoms with Crippen LogP contribution >= 0.6 is 0 Å². The molecule has 2 aliphatic heterocycles. The topological polar surface area (TPSA) is 139 Å². The number of hydrogen-bond donors (Lipinski definition) is 2. The van der Waals surface area contributed by atoms with E-state index in [4.69, 9.17) is 22.4 Å². The summed E-state index contributed by atoms with van der Waals surface area (Å²) >= 11 is 0. The fourth-order valence-electron chi connectivity index (χ4n) is 6.42. The predicted molar refractivity (Wildman–Crippen MR) is 164 cm³/mol. The average molecular weight is 622 g/mol. The molecule has 4 rings (SSSR count). The third-order valence-electron chi connectivity index (χ3n) is 8.48. The van der Waals surface area contributed by atoms with Crippen LogP contribution in [0, 0.1) is 0 Å². The van der Waals surface area contributed by atoms with Crippen molar-refractivity contribution in [2.75, 3.05) is 19.0 Å². The van der Waals surface area contributed by atoms with Gasteiger partial charge in [-0.25, -0.2) is 4.98 Å². The number of methoxy groups -OCH3 is 1. The highest BCUT2D eigenvalue weighted by atomic mass is 28.5. The number of rotatable bonds is 9. The summed E-state index contributed by atoms with van der Waals surface area (Å²) in [6.07, 6.45) is 1.01. The SMILES string of the molecule is C=CC[C@@]1(O)C(n2cnc3c(OC)nc(NC(C)=O)nc32)OC2CO[Si](C(C)C)(C(C)C)O[Si](C(C)C)(C(C)C)O[C@H]21. The maximum absolute atomic E-state index is 12.6. The molecule has 0 saturated carbocycles. The van der Waals surface area contributed by atoms with Crippen LogP contribution < -0.4 is 10.1 Å². The molecule has 0 spiro atoms. The van der Waals surface area contributed by atoms with Crippen molar-refractivity contribution in [3.8, 4) is 5.88 Å². The summed E-state index contributed by atoms with van der Waals surface area (Å²) in [6, 6.07) is 0. The number of imidazole rings is 1. The second kappa shape index (κ2) is 12.1. The molecule has 2 aromatic rings. The first-order chi connectivity index (χ1) is 19.7. The van der Waals surface area contributed by atoms with E-state index in [0.717, 1.165) is 0 Å². The van der Waals surface area contributed by atoms with Gasteiger partial charge in [0.2, 0.25) is 17.7 Å². The number of carbonyl (C=O) groups is 1. The predicted octanol–water partition coefficient (Wildman–Crippen LogP) is 4.95. The number of carbonyl (C=O) groups excluding carboxylic acids is 1. The van der Waals surface area contributed by atoms with Gasteiger partial charge in [0, 0.05) is 13.3 Å². The third kappa shape index (κ3) is 5.35. The fourth-order valence-corrected chi connectivity index (χ4v) is 17.7. The van der Waals surface area contributed by atoms with Gasteiger partial charge >= 0.3 is 17.1 Å². The van der Waals surface area contributed by atoms with E-state index < -0.39 is 41.2 Å². The molecule has 2 aliphatic rings. The van der Waals surface area contributed by atoms with E-state index in [-0.39, 0.29) is 52.9 Å². The van der Waals surface area contributed by atoms with Crippen LogP contribution in [-0.2, 0) is 22.5 Å². The second-order valence-corrected chi connectivity index (χ2v) is 21.4. The average Bonchev–Trinajstić information content (AvgIpc) is 3.41. The molecule has 2 saturated heterocycles. The second-order valence-electron chi connectivity index (χ2n) is 12.6. The smallest absolute Gasteiger partial charge is 0.335 e. The number of amides is 1. The highest BCUT2D eigenvalue weighted by Crippen LogP contribution is 2.52. The van der Waals surface area contributed by atoms with E-state index in [1.165, 1.54) is 20.4 Å². The first-order valence-corrected chi connectivity index (χ1v) is 18.7. The Kier molecular flexibility index (Phi) is 9.39. The zero-order valence-corrected chi connectivity index (χ0v) is 28.5. The standard InChI is InChI=1S/C28H47N5O7Si2/c1-12-13-28(35)23-21(14-37-41(16(2)3,17(4)5)40-42(39-23,18(6)7)19(8)9)38-26(28)33-15-29-22-24(33)31-27(30-20(10)34)32-25(22)36-11/h12,15-19,21,23,26,35H,1,13-14H2,2-11H3,(H,30,31,32,34)/t21?,23-,26?,28+/m1/s1. The van der Waals surface area contributed by atoms with E-state index in [0.29, 0.717) is 11.2 Å². The Morgan fingerprint density at radius 1 is 1.17 bits per heavy atom. The van der Waals surface area contributed by atoms with Crippen LogP contribution in [0.2, 0.25) is 22.2 Å². The van der Waals surface area contributed by atoms with E-state index in [2.05, 4.69) is 82.2 Å². The molecule has 4 heterocycles. The molecule has 234 valence electrons. The molecule has 0 radical (unpaired) electrons. The molecule has 4 atom stereocenters. The van der Waals surface area contributed by atoms with Crippen molar-refractivity contribution >= 4 is 40.1 Å². The van der Waals surface area contributed by atoms with Crippen molar-refractivity contribution in [2.24, 2.45) is 0 Å². The van der Waals surface area contributed by atoms with E-state index in [9.17, 15) is 9.90 Å². The number of fused-ring (bicyclic) bond motifs is 2. The molecule has 2 aromatic heterocycles. The zero-order chi connectivity index (χ0) is 31.2. The highest BCUT2D eigenvalue weighted by Gasteiger charge is 2.65. The Labute approximate surface area is 250 Å². The lowest BCUT2D eigenvalue weighted by Gasteiger charge is -2.52. The van der Waals surface area contributed by atoms with Gasteiger partial charge in [-0.05, 0) is 22.2 Å². The number of aliphatic hydroxyl groups is 1. The van der Waals surface area contributed by atoms with Gasteiger partial charge in [0.1, 0.15) is 17.8 Å². The fraction of sp³-hybridized carbons (Fsp3) is 0.714. The van der Waals surface area contributed by atoms with Crippen LogP contribution in [0.5, 0.6) is 5.88 Å². The van der Waals surface area contributed by atoms with Crippen LogP contribution in [0.1, 0.15) is 75.0 Å². The van der Waals surface area contributed by atoms with Crippen molar-refractivity contribution in [3.63, 3.8) is 0 Å². The van der Waals surface area contributed by atoms with Gasteiger partial charge in [-0.15, -0.1) is 6.58 Å². The normalized spacial score (nSPS) is 27.4. The maximum Gasteiger partial charge on any atom is 0.335 e. The van der Waals surface area contributed by atoms with E-state index >= 15 is 0 Å². The molecule has 12 nitrogen and oxygen atoms in total. The summed E-state index contributed by atoms with van der Waals surface area (Å²) in [5, 5.41) is 15.2. The Morgan fingerprint density at radius 2 is 1.79 bits per heavy atom. The van der Waals surface area contributed by atoms with E-state index in [1.54, 1.807) is 10.6 Å². The van der Waals surface area contributed by atoms with Crippen molar-refractivity contribution < 1.29 is 32.3 Å². The minimum absolute atomic E-state index is 0.0496. The quantitative estimate of drug-likeness (QED) is 0.292. The number of anilines is 1. The van der Waals surface area contributed by atoms with Crippen molar-refractivity contribution in [1.82, 2.24) is 19.5 Å². The summed E-state index contributed by atoms with van der Waals surface area (Å²) in [5.74, 6) is -0.102. The lowest BCUT2D eigenvalue weighted by Crippen LogP contribution is -2.67. The first kappa shape index (κ1) is 32.7. The number of nitrogens with one attached hydrogen (secondary N) is 1. The van der Waals surface area contributed by atoms with Gasteiger partial charge < -0.3 is 27.5 Å². The summed E-state index contributed by atoms with van der Waals surface area (Å²) < 4.78 is 35.2. The number of aromatic nitrogens is 4. The van der Waals surface area contributed by atoms with Gasteiger partial charge in [-0.2, -0.15) is 9.97 Å². The van der Waals surface area contributed by atoms with Crippen LogP contribution in [0.25, 0.3) is 11.2 Å². The number of ether oxygens (including phenoxy) is 2. The first-order valence-electron chi connectivity index (χ1n) is 14.7. The monoisotopic (exact) mass is 621 g/mol. The molecule has 2 N–H and O–H groups in total. The largest absolute Gasteiger partial charge is 0.479 e. The summed E-state index contributed by atoms with van der Waals surface area (Å²) in [5.41, 5.74) is -0.405. The Morgan fingerprint density at radius 3 is 2.31 bits per heavy atom. The van der Waals surface area contributed by atoms with Gasteiger partial charge in [-0.1, -0.05) is 61.5 Å². The zero-order valence-electron chi connectivity index (χ0n) is 26.5. The van der Waals surface area contributed by atoms with Gasteiger partial charge in [0.25, 0.3) is 0 Å². The van der Waals surface area contributed by atoms with Gasteiger partial charge in [0.15, 0.2) is 17.4 Å². The highest BCUT2D eigenvalue weighted by molar-refractivity contribution is 6.84. The van der Waals surface area contributed by atoms with Crippen LogP contribution in [0.3, 0.4) is 0 Å². The van der Waals surface area contributed by atoms with Crippen molar-refractivity contribution in [3.05, 3.63) is 19.0 Å².